The molecule has 0 aliphatic carbocycles. The Labute approximate surface area is 113 Å². The van der Waals surface area contributed by atoms with E-state index in [1.165, 1.54) is 25.4 Å². The van der Waals surface area contributed by atoms with Crippen molar-refractivity contribution in [3.8, 4) is 0 Å². The quantitative estimate of drug-likeness (QED) is 0.881. The van der Waals surface area contributed by atoms with Crippen molar-refractivity contribution in [2.45, 2.75) is 11.1 Å². The van der Waals surface area contributed by atoms with Gasteiger partial charge < -0.3 is 5.11 Å². The van der Waals surface area contributed by atoms with Gasteiger partial charge in [0.15, 0.2) is 0 Å². The van der Waals surface area contributed by atoms with Gasteiger partial charge in [0.2, 0.25) is 5.95 Å². The molecule has 0 saturated heterocycles. The predicted octanol–water partition coefficient (Wildman–Crippen LogP) is 1.35. The van der Waals surface area contributed by atoms with Crippen LogP contribution in [0.4, 0.5) is 5.95 Å². The third kappa shape index (κ3) is 2.88. The second-order valence-electron chi connectivity index (χ2n) is 3.56. The number of rotatable bonds is 4. The lowest BCUT2D eigenvalue weighted by molar-refractivity contribution is 0.0701. The van der Waals surface area contributed by atoms with Crippen molar-refractivity contribution in [2.24, 2.45) is 0 Å². The van der Waals surface area contributed by atoms with Gasteiger partial charge >= 0.3 is 5.97 Å². The van der Waals surface area contributed by atoms with E-state index in [1.54, 1.807) is 6.07 Å². The standard InChI is InChI=1S/C10H9N3O4S2/c1-6-5-7(18-8(6)9(14)15)19(16,17)13-10-11-3-2-4-12-10/h2-5H,1H3,(H,14,15)(H,11,12,13). The maximum atomic E-state index is 12.0. The Morgan fingerprint density at radius 3 is 2.53 bits per heavy atom. The molecule has 2 heterocycles. The van der Waals surface area contributed by atoms with Crippen LogP contribution in [-0.2, 0) is 10.0 Å². The van der Waals surface area contributed by atoms with Crippen LogP contribution >= 0.6 is 11.3 Å². The molecule has 0 spiro atoms. The lowest BCUT2D eigenvalue weighted by atomic mass is 10.3. The Hall–Kier alpha value is -2.00. The first-order chi connectivity index (χ1) is 8.90. The van der Waals surface area contributed by atoms with Crippen LogP contribution < -0.4 is 4.72 Å². The minimum absolute atomic E-state index is 0.00523. The predicted molar refractivity (Wildman–Crippen MR) is 68.9 cm³/mol. The van der Waals surface area contributed by atoms with E-state index in [9.17, 15) is 13.2 Å². The smallest absolute Gasteiger partial charge is 0.346 e. The fraction of sp³-hybridized carbons (Fsp3) is 0.100. The van der Waals surface area contributed by atoms with Gasteiger partial charge in [0.1, 0.15) is 9.09 Å². The third-order valence-electron chi connectivity index (χ3n) is 2.15. The van der Waals surface area contributed by atoms with Crippen LogP contribution in [0.2, 0.25) is 0 Å². The molecule has 2 rings (SSSR count). The molecular formula is C10H9N3O4S2. The van der Waals surface area contributed by atoms with E-state index < -0.39 is 16.0 Å². The minimum Gasteiger partial charge on any atom is -0.477 e. The molecule has 0 atom stereocenters. The molecule has 0 fully saturated rings. The lowest BCUT2D eigenvalue weighted by Crippen LogP contribution is -2.13. The van der Waals surface area contributed by atoms with Crippen LogP contribution in [0.25, 0.3) is 0 Å². The molecule has 0 aliphatic heterocycles. The van der Waals surface area contributed by atoms with Gasteiger partial charge in [0.25, 0.3) is 10.0 Å². The summed E-state index contributed by atoms with van der Waals surface area (Å²) in [6.07, 6.45) is 2.79. The van der Waals surface area contributed by atoms with E-state index >= 15 is 0 Å². The Kier molecular flexibility index (Phi) is 3.49. The van der Waals surface area contributed by atoms with Gasteiger partial charge in [-0.2, -0.15) is 0 Å². The highest BCUT2D eigenvalue weighted by molar-refractivity contribution is 7.94. The molecule has 9 heteroatoms. The number of nitrogens with zero attached hydrogens (tertiary/aromatic N) is 2. The largest absolute Gasteiger partial charge is 0.477 e. The van der Waals surface area contributed by atoms with Crippen LogP contribution in [0.1, 0.15) is 15.2 Å². The number of aryl methyl sites for hydroxylation is 1. The molecule has 2 aromatic rings. The van der Waals surface area contributed by atoms with Gasteiger partial charge in [0, 0.05) is 12.4 Å². The molecule has 19 heavy (non-hydrogen) atoms. The monoisotopic (exact) mass is 299 g/mol. The SMILES string of the molecule is Cc1cc(S(=O)(=O)Nc2ncccn2)sc1C(=O)O. The number of anilines is 1. The Morgan fingerprint density at radius 2 is 2.00 bits per heavy atom. The molecule has 7 nitrogen and oxygen atoms in total. The van der Waals surface area contributed by atoms with Crippen LogP contribution in [0.3, 0.4) is 0 Å². The number of carbonyl (C=O) groups is 1. The van der Waals surface area contributed by atoms with E-state index in [0.717, 1.165) is 0 Å². The summed E-state index contributed by atoms with van der Waals surface area (Å²) in [6, 6.07) is 2.86. The summed E-state index contributed by atoms with van der Waals surface area (Å²) >= 11 is 0.688. The fourth-order valence-electron chi connectivity index (χ4n) is 1.32. The molecule has 100 valence electrons. The molecule has 0 unspecified atom stereocenters. The average Bonchev–Trinajstić information content (AvgIpc) is 2.73. The van der Waals surface area contributed by atoms with Crippen molar-refractivity contribution in [3.63, 3.8) is 0 Å². The summed E-state index contributed by atoms with van der Waals surface area (Å²) in [4.78, 5) is 18.4. The number of aromatic carboxylic acids is 1. The number of thiophene rings is 1. The normalized spacial score (nSPS) is 11.2. The van der Waals surface area contributed by atoms with Crippen molar-refractivity contribution < 1.29 is 18.3 Å². The zero-order valence-electron chi connectivity index (χ0n) is 9.69. The molecule has 0 bridgehead atoms. The summed E-state index contributed by atoms with van der Waals surface area (Å²) in [5, 5.41) is 8.90. The zero-order valence-corrected chi connectivity index (χ0v) is 11.3. The number of hydrogen-bond donors (Lipinski definition) is 2. The Balaban J connectivity index is 2.35. The molecule has 0 amide bonds. The maximum absolute atomic E-state index is 12.0. The second-order valence-corrected chi connectivity index (χ2v) is 6.52. The van der Waals surface area contributed by atoms with Gasteiger partial charge in [-0.25, -0.2) is 27.9 Å². The number of nitrogens with one attached hydrogen (secondary N) is 1. The van der Waals surface area contributed by atoms with Crippen LogP contribution in [0, 0.1) is 6.92 Å². The highest BCUT2D eigenvalue weighted by Crippen LogP contribution is 2.26. The number of carboxylic acid groups (broad SMARTS) is 1. The van der Waals surface area contributed by atoms with Crippen molar-refractivity contribution >= 4 is 33.3 Å². The van der Waals surface area contributed by atoms with Crippen molar-refractivity contribution in [1.29, 1.82) is 0 Å². The number of aromatic nitrogens is 2. The highest BCUT2D eigenvalue weighted by Gasteiger charge is 2.22. The van der Waals surface area contributed by atoms with Crippen LogP contribution in [0.5, 0.6) is 0 Å². The number of sulfonamides is 1. The molecule has 2 aromatic heterocycles. The van der Waals surface area contributed by atoms with Crippen molar-refractivity contribution in [3.05, 3.63) is 35.0 Å². The van der Waals surface area contributed by atoms with Gasteiger partial charge in [-0.05, 0) is 24.6 Å². The van der Waals surface area contributed by atoms with E-state index in [1.807, 2.05) is 0 Å². The van der Waals surface area contributed by atoms with Gasteiger partial charge in [-0.3, -0.25) is 0 Å². The summed E-state index contributed by atoms with van der Waals surface area (Å²) in [5.74, 6) is -1.22. The van der Waals surface area contributed by atoms with Gasteiger partial charge in [-0.15, -0.1) is 11.3 Å². The molecule has 0 aliphatic rings. The molecular weight excluding hydrogens is 290 g/mol. The summed E-state index contributed by atoms with van der Waals surface area (Å²) < 4.78 is 26.1. The third-order valence-corrected chi connectivity index (χ3v) is 5.17. The van der Waals surface area contributed by atoms with E-state index in [0.29, 0.717) is 16.9 Å². The lowest BCUT2D eigenvalue weighted by Gasteiger charge is -2.02. The fourth-order valence-corrected chi connectivity index (χ4v) is 3.66. The second kappa shape index (κ2) is 4.94. The zero-order chi connectivity index (χ0) is 14.0. The van der Waals surface area contributed by atoms with E-state index in [-0.39, 0.29) is 15.0 Å². The van der Waals surface area contributed by atoms with Crippen LogP contribution in [-0.4, -0.2) is 29.5 Å². The minimum atomic E-state index is -3.87. The van der Waals surface area contributed by atoms with Gasteiger partial charge in [-0.1, -0.05) is 0 Å². The number of carboxylic acids is 1. The Bertz CT molecular complexity index is 710. The summed E-state index contributed by atoms with van der Waals surface area (Å²) in [7, 11) is -3.87. The van der Waals surface area contributed by atoms with Crippen LogP contribution in [0.15, 0.2) is 28.7 Å². The summed E-state index contributed by atoms with van der Waals surface area (Å²) in [5.41, 5.74) is 0.395. The topological polar surface area (TPSA) is 109 Å². The van der Waals surface area contributed by atoms with E-state index in [2.05, 4.69) is 14.7 Å². The average molecular weight is 299 g/mol. The van der Waals surface area contributed by atoms with Crippen molar-refractivity contribution in [1.82, 2.24) is 9.97 Å². The molecule has 0 radical (unpaired) electrons. The van der Waals surface area contributed by atoms with E-state index in [4.69, 9.17) is 5.11 Å². The van der Waals surface area contributed by atoms with Gasteiger partial charge in [0.05, 0.1) is 0 Å². The maximum Gasteiger partial charge on any atom is 0.346 e. The Morgan fingerprint density at radius 1 is 1.37 bits per heavy atom. The molecule has 2 N–H and O–H groups in total. The first-order valence-corrected chi connectivity index (χ1v) is 7.33. The molecule has 0 aromatic carbocycles. The summed E-state index contributed by atoms with van der Waals surface area (Å²) in [6.45, 7) is 1.54. The number of hydrogen-bond acceptors (Lipinski definition) is 6. The first kappa shape index (κ1) is 13.4. The first-order valence-electron chi connectivity index (χ1n) is 5.04. The highest BCUT2D eigenvalue weighted by atomic mass is 32.2. The van der Waals surface area contributed by atoms with Crippen molar-refractivity contribution in [2.75, 3.05) is 4.72 Å². The molecule has 0 saturated carbocycles.